The highest BCUT2D eigenvalue weighted by Gasteiger charge is 2.33. The number of benzene rings is 2. The SMILES string of the molecule is CCN1/C(=C/C=C2\CC/C(=C3\Sc4ccccc4N3CC)C2=O)Sc2ccccc21. The number of rotatable bonds is 3. The number of fused-ring (bicyclic) bond motifs is 2. The molecule has 2 aromatic rings. The van der Waals surface area contributed by atoms with Crippen LogP contribution in [0.5, 0.6) is 0 Å². The molecule has 3 nitrogen and oxygen atoms in total. The molecule has 0 saturated heterocycles. The maximum Gasteiger partial charge on any atom is 0.187 e. The van der Waals surface area contributed by atoms with Gasteiger partial charge in [0.2, 0.25) is 0 Å². The lowest BCUT2D eigenvalue weighted by Crippen LogP contribution is -2.19. The largest absolute Gasteiger partial charge is 0.335 e. The second kappa shape index (κ2) is 8.05. The summed E-state index contributed by atoms with van der Waals surface area (Å²) in [6, 6.07) is 16.9. The zero-order valence-electron chi connectivity index (χ0n) is 17.2. The summed E-state index contributed by atoms with van der Waals surface area (Å²) in [6.45, 7) is 6.11. The summed E-state index contributed by atoms with van der Waals surface area (Å²) in [5.41, 5.74) is 4.37. The Morgan fingerprint density at radius 3 is 2.17 bits per heavy atom. The van der Waals surface area contributed by atoms with Gasteiger partial charge in [0.25, 0.3) is 0 Å². The zero-order valence-corrected chi connectivity index (χ0v) is 18.9. The first-order chi connectivity index (χ1) is 14.7. The average molecular weight is 433 g/mol. The molecule has 30 heavy (non-hydrogen) atoms. The minimum atomic E-state index is 0.212. The summed E-state index contributed by atoms with van der Waals surface area (Å²) in [4.78, 5) is 20.4. The molecular formula is C25H24N2OS2. The summed E-state index contributed by atoms with van der Waals surface area (Å²) in [5.74, 6) is 0.212. The number of para-hydroxylation sites is 2. The van der Waals surface area contributed by atoms with Crippen molar-refractivity contribution in [2.24, 2.45) is 0 Å². The molecule has 152 valence electrons. The van der Waals surface area contributed by atoms with Gasteiger partial charge in [-0.25, -0.2) is 0 Å². The monoisotopic (exact) mass is 432 g/mol. The van der Waals surface area contributed by atoms with E-state index in [4.69, 9.17) is 0 Å². The van der Waals surface area contributed by atoms with Gasteiger partial charge in [0.15, 0.2) is 5.78 Å². The Hall–Kier alpha value is -2.37. The molecule has 5 rings (SSSR count). The average Bonchev–Trinajstić information content (AvgIpc) is 3.44. The Kier molecular flexibility index (Phi) is 5.25. The number of allylic oxidation sites excluding steroid dienone is 4. The first-order valence-corrected chi connectivity index (χ1v) is 12.1. The number of hydrogen-bond acceptors (Lipinski definition) is 5. The van der Waals surface area contributed by atoms with Gasteiger partial charge in [-0.15, -0.1) is 0 Å². The number of carbonyl (C=O) groups is 1. The van der Waals surface area contributed by atoms with Gasteiger partial charge in [-0.1, -0.05) is 53.9 Å². The standard InChI is InChI=1S/C25H24N2OS2/c1-3-26-19-9-5-7-11-21(19)29-23(26)16-14-17-13-15-18(24(17)28)25-27(4-2)20-10-6-8-12-22(20)30-25/h5-12,14,16H,3-4,13,15H2,1-2H3/b17-14+,23-16-,25-18+. The molecule has 0 amide bonds. The van der Waals surface area contributed by atoms with Crippen LogP contribution >= 0.6 is 23.5 Å². The first-order valence-electron chi connectivity index (χ1n) is 10.5. The summed E-state index contributed by atoms with van der Waals surface area (Å²) in [6.07, 6.45) is 5.82. The van der Waals surface area contributed by atoms with Crippen molar-refractivity contribution in [1.29, 1.82) is 0 Å². The molecule has 0 radical (unpaired) electrons. The molecule has 2 aromatic carbocycles. The second-order valence-corrected chi connectivity index (χ2v) is 9.53. The number of anilines is 2. The fourth-order valence-corrected chi connectivity index (χ4v) is 6.71. The van der Waals surface area contributed by atoms with Crippen molar-refractivity contribution in [1.82, 2.24) is 0 Å². The van der Waals surface area contributed by atoms with Gasteiger partial charge in [-0.05, 0) is 57.0 Å². The minimum absolute atomic E-state index is 0.212. The molecule has 3 aliphatic rings. The lowest BCUT2D eigenvalue weighted by Gasteiger charge is -2.19. The topological polar surface area (TPSA) is 23.6 Å². The maximum atomic E-state index is 13.3. The summed E-state index contributed by atoms with van der Waals surface area (Å²) < 4.78 is 0. The van der Waals surface area contributed by atoms with E-state index in [1.54, 1.807) is 23.5 Å². The van der Waals surface area contributed by atoms with Gasteiger partial charge >= 0.3 is 0 Å². The van der Waals surface area contributed by atoms with Gasteiger partial charge in [0.05, 0.1) is 21.4 Å². The minimum Gasteiger partial charge on any atom is -0.335 e. The van der Waals surface area contributed by atoms with Crippen LogP contribution in [0.2, 0.25) is 0 Å². The summed E-state index contributed by atoms with van der Waals surface area (Å²) in [5, 5.41) is 2.32. The van der Waals surface area contributed by atoms with Crippen molar-refractivity contribution in [3.05, 3.63) is 81.9 Å². The van der Waals surface area contributed by atoms with Crippen LogP contribution < -0.4 is 9.80 Å². The first kappa shape index (κ1) is 19.6. The van der Waals surface area contributed by atoms with E-state index >= 15 is 0 Å². The Labute approximate surface area is 186 Å². The van der Waals surface area contributed by atoms with Crippen molar-refractivity contribution in [3.63, 3.8) is 0 Å². The molecule has 1 saturated carbocycles. The molecule has 1 fully saturated rings. The van der Waals surface area contributed by atoms with Gasteiger partial charge in [0.1, 0.15) is 0 Å². The lowest BCUT2D eigenvalue weighted by molar-refractivity contribution is -0.111. The second-order valence-electron chi connectivity index (χ2n) is 7.44. The van der Waals surface area contributed by atoms with Crippen molar-refractivity contribution in [2.45, 2.75) is 36.5 Å². The van der Waals surface area contributed by atoms with E-state index in [-0.39, 0.29) is 5.78 Å². The van der Waals surface area contributed by atoms with Gasteiger partial charge in [0, 0.05) is 34.0 Å². The van der Waals surface area contributed by atoms with Crippen LogP contribution in [-0.4, -0.2) is 18.9 Å². The van der Waals surface area contributed by atoms with Crippen LogP contribution in [0.4, 0.5) is 11.4 Å². The number of nitrogens with zero attached hydrogens (tertiary/aromatic N) is 2. The fourth-order valence-electron chi connectivity index (χ4n) is 4.29. The third-order valence-electron chi connectivity index (χ3n) is 5.77. The highest BCUT2D eigenvalue weighted by Crippen LogP contribution is 2.49. The van der Waals surface area contributed by atoms with Crippen LogP contribution in [0, 0.1) is 0 Å². The molecule has 5 heteroatoms. The number of thioether (sulfide) groups is 2. The molecule has 0 N–H and O–H groups in total. The number of ketones is 1. The molecule has 0 spiro atoms. The highest BCUT2D eigenvalue weighted by atomic mass is 32.2. The Bertz CT molecular complexity index is 1120. The summed E-state index contributed by atoms with van der Waals surface area (Å²) in [7, 11) is 0. The predicted molar refractivity (Wildman–Crippen MR) is 128 cm³/mol. The molecule has 0 unspecified atom stereocenters. The predicted octanol–water partition coefficient (Wildman–Crippen LogP) is 6.59. The van der Waals surface area contributed by atoms with Crippen molar-refractivity contribution in [2.75, 3.05) is 22.9 Å². The van der Waals surface area contributed by atoms with E-state index in [0.29, 0.717) is 0 Å². The van der Waals surface area contributed by atoms with E-state index in [1.807, 2.05) is 0 Å². The molecule has 2 heterocycles. The van der Waals surface area contributed by atoms with Gasteiger partial charge in [-0.2, -0.15) is 0 Å². The van der Waals surface area contributed by atoms with Crippen LogP contribution in [0.15, 0.2) is 91.7 Å². The third kappa shape index (κ3) is 3.21. The zero-order chi connectivity index (χ0) is 20.7. The smallest absolute Gasteiger partial charge is 0.187 e. The van der Waals surface area contributed by atoms with Gasteiger partial charge in [-0.3, -0.25) is 4.79 Å². The third-order valence-corrected chi connectivity index (χ3v) is 8.13. The van der Waals surface area contributed by atoms with E-state index in [0.717, 1.165) is 42.1 Å². The molecule has 0 bridgehead atoms. The van der Waals surface area contributed by atoms with Crippen LogP contribution in [0.1, 0.15) is 26.7 Å². The number of Topliss-reactive ketones (excluding diaryl/α,β-unsaturated/α-hetero) is 1. The van der Waals surface area contributed by atoms with Gasteiger partial charge < -0.3 is 9.80 Å². The Balaban J connectivity index is 1.43. The van der Waals surface area contributed by atoms with E-state index in [1.165, 1.54) is 26.2 Å². The van der Waals surface area contributed by atoms with E-state index < -0.39 is 0 Å². The lowest BCUT2D eigenvalue weighted by atomic mass is 10.1. The fraction of sp³-hybridized carbons (Fsp3) is 0.240. The van der Waals surface area contributed by atoms with Crippen LogP contribution in [0.3, 0.4) is 0 Å². The maximum absolute atomic E-state index is 13.3. The molecule has 0 atom stereocenters. The molecule has 2 aliphatic heterocycles. The normalized spacial score (nSPS) is 23.1. The molecule has 0 aromatic heterocycles. The van der Waals surface area contributed by atoms with Crippen LogP contribution in [0.25, 0.3) is 0 Å². The Morgan fingerprint density at radius 2 is 1.47 bits per heavy atom. The van der Waals surface area contributed by atoms with E-state index in [9.17, 15) is 4.79 Å². The Morgan fingerprint density at radius 1 is 0.833 bits per heavy atom. The quantitative estimate of drug-likeness (QED) is 0.509. The molecular weight excluding hydrogens is 408 g/mol. The van der Waals surface area contributed by atoms with Crippen molar-refractivity contribution in [3.8, 4) is 0 Å². The highest BCUT2D eigenvalue weighted by molar-refractivity contribution is 8.04. The van der Waals surface area contributed by atoms with E-state index in [2.05, 4.69) is 84.3 Å². The number of hydrogen-bond donors (Lipinski definition) is 0. The number of carbonyl (C=O) groups excluding carboxylic acids is 1. The van der Waals surface area contributed by atoms with Crippen LogP contribution in [-0.2, 0) is 4.79 Å². The van der Waals surface area contributed by atoms with Crippen molar-refractivity contribution >= 4 is 40.7 Å². The summed E-state index contributed by atoms with van der Waals surface area (Å²) >= 11 is 3.52. The van der Waals surface area contributed by atoms with Crippen molar-refractivity contribution < 1.29 is 4.79 Å². The molecule has 1 aliphatic carbocycles.